The summed E-state index contributed by atoms with van der Waals surface area (Å²) in [6, 6.07) is 13.2. The molecule has 0 unspecified atom stereocenters. The molecule has 174 valence electrons. The van der Waals surface area contributed by atoms with Crippen molar-refractivity contribution >= 4 is 17.6 Å². The van der Waals surface area contributed by atoms with Gasteiger partial charge in [0.1, 0.15) is 5.82 Å². The monoisotopic (exact) mass is 451 g/mol. The van der Waals surface area contributed by atoms with E-state index in [-0.39, 0.29) is 5.56 Å². The lowest BCUT2D eigenvalue weighted by Gasteiger charge is -2.36. The Morgan fingerprint density at radius 1 is 1.09 bits per heavy atom. The number of nitrogens with zero attached hydrogens (tertiary/aromatic N) is 3. The van der Waals surface area contributed by atoms with Crippen molar-refractivity contribution in [2.45, 2.75) is 33.1 Å². The van der Waals surface area contributed by atoms with Gasteiger partial charge in [0.15, 0.2) is 0 Å². The zero-order valence-corrected chi connectivity index (χ0v) is 19.1. The molecule has 0 aliphatic carbocycles. The number of anilines is 2. The smallest absolute Gasteiger partial charge is 0.315 e. The van der Waals surface area contributed by atoms with Gasteiger partial charge in [0.05, 0.1) is 5.56 Å². The number of likely N-dealkylation sites (tertiary alicyclic amines) is 1. The van der Waals surface area contributed by atoms with Crippen molar-refractivity contribution in [3.8, 4) is 11.5 Å². The second-order valence-electron chi connectivity index (χ2n) is 9.21. The summed E-state index contributed by atoms with van der Waals surface area (Å²) in [5.41, 5.74) is 1.75. The molecule has 2 aromatic carbocycles. The molecule has 1 aliphatic rings. The second-order valence-corrected chi connectivity index (χ2v) is 9.21. The van der Waals surface area contributed by atoms with Crippen molar-refractivity contribution in [3.63, 3.8) is 0 Å². The number of rotatable bonds is 8. The van der Waals surface area contributed by atoms with Gasteiger partial charge in [0, 0.05) is 17.8 Å². The summed E-state index contributed by atoms with van der Waals surface area (Å²) in [5, 5.41) is 14.0. The Balaban J connectivity index is 1.24. The van der Waals surface area contributed by atoms with Crippen LogP contribution in [0.25, 0.3) is 11.5 Å². The third-order valence-corrected chi connectivity index (χ3v) is 6.07. The van der Waals surface area contributed by atoms with E-state index in [0.717, 1.165) is 38.2 Å². The number of hydrogen-bond acceptors (Lipinski definition) is 6. The largest absolute Gasteiger partial charge is 0.403 e. The van der Waals surface area contributed by atoms with Gasteiger partial charge in [-0.3, -0.25) is 4.79 Å². The van der Waals surface area contributed by atoms with Gasteiger partial charge in [-0.2, -0.15) is 0 Å². The summed E-state index contributed by atoms with van der Waals surface area (Å²) in [6.45, 7) is 8.83. The fourth-order valence-electron chi connectivity index (χ4n) is 3.83. The summed E-state index contributed by atoms with van der Waals surface area (Å²) in [7, 11) is 0. The van der Waals surface area contributed by atoms with Crippen LogP contribution >= 0.6 is 0 Å². The molecule has 3 aromatic rings. The third-order valence-electron chi connectivity index (χ3n) is 6.07. The van der Waals surface area contributed by atoms with Gasteiger partial charge in [0.2, 0.25) is 5.89 Å². The van der Waals surface area contributed by atoms with Crippen molar-refractivity contribution < 1.29 is 13.6 Å². The van der Waals surface area contributed by atoms with E-state index in [0.29, 0.717) is 23.0 Å². The quantitative estimate of drug-likeness (QED) is 0.466. The Kier molecular flexibility index (Phi) is 7.03. The highest BCUT2D eigenvalue weighted by Crippen LogP contribution is 2.29. The van der Waals surface area contributed by atoms with Gasteiger partial charge in [0.25, 0.3) is 5.91 Å². The van der Waals surface area contributed by atoms with Crippen LogP contribution < -0.4 is 10.6 Å². The Morgan fingerprint density at radius 2 is 1.82 bits per heavy atom. The van der Waals surface area contributed by atoms with Crippen LogP contribution in [-0.4, -0.2) is 47.2 Å². The number of carbonyl (C=O) groups is 1. The van der Waals surface area contributed by atoms with Crippen LogP contribution in [0.5, 0.6) is 0 Å². The standard InChI is InChI=1S/C25H30FN5O2/c1-25(2)12-16-31(17-13-25)15-5-14-27-24-30-29-23(33-24)18-8-10-19(11-9-18)28-22(32)20-6-3-4-7-21(20)26/h3-4,6-11H,5,12-17H2,1-2H3,(H,27,30)(H,28,32). The average Bonchev–Trinajstić information content (AvgIpc) is 3.27. The van der Waals surface area contributed by atoms with Gasteiger partial charge < -0.3 is 20.0 Å². The number of nitrogens with one attached hydrogen (secondary N) is 2. The molecule has 2 heterocycles. The summed E-state index contributed by atoms with van der Waals surface area (Å²) in [5.74, 6) is -0.668. The first-order valence-electron chi connectivity index (χ1n) is 11.4. The molecule has 0 radical (unpaired) electrons. The molecule has 33 heavy (non-hydrogen) atoms. The average molecular weight is 452 g/mol. The molecule has 0 atom stereocenters. The summed E-state index contributed by atoms with van der Waals surface area (Å²) >= 11 is 0. The highest BCUT2D eigenvalue weighted by molar-refractivity contribution is 6.04. The lowest BCUT2D eigenvalue weighted by atomic mass is 9.83. The van der Waals surface area contributed by atoms with Crippen LogP contribution in [0.15, 0.2) is 52.9 Å². The minimum absolute atomic E-state index is 0.00156. The molecule has 1 amide bonds. The minimum atomic E-state index is -0.558. The molecule has 4 rings (SSSR count). The number of amides is 1. The third kappa shape index (κ3) is 6.16. The van der Waals surface area contributed by atoms with Crippen LogP contribution in [0.1, 0.15) is 43.5 Å². The summed E-state index contributed by atoms with van der Waals surface area (Å²) < 4.78 is 19.5. The maximum atomic E-state index is 13.8. The molecular weight excluding hydrogens is 421 g/mol. The van der Waals surface area contributed by atoms with E-state index in [1.165, 1.54) is 25.0 Å². The molecule has 1 saturated heterocycles. The molecule has 0 saturated carbocycles. The Labute approximate surface area is 193 Å². The maximum absolute atomic E-state index is 13.8. The lowest BCUT2D eigenvalue weighted by molar-refractivity contribution is 0.102. The normalized spacial score (nSPS) is 15.8. The predicted octanol–water partition coefficient (Wildman–Crippen LogP) is 5.05. The fraction of sp³-hybridized carbons (Fsp3) is 0.400. The number of piperidine rings is 1. The molecule has 1 aromatic heterocycles. The van der Waals surface area contributed by atoms with Crippen LogP contribution in [0.3, 0.4) is 0 Å². The summed E-state index contributed by atoms with van der Waals surface area (Å²) in [6.07, 6.45) is 3.51. The topological polar surface area (TPSA) is 83.3 Å². The molecule has 0 spiro atoms. The van der Waals surface area contributed by atoms with E-state index in [1.807, 2.05) is 0 Å². The second kappa shape index (κ2) is 10.1. The highest BCUT2D eigenvalue weighted by Gasteiger charge is 2.24. The molecule has 1 aliphatic heterocycles. The van der Waals surface area contributed by atoms with Gasteiger partial charge in [-0.25, -0.2) is 4.39 Å². The van der Waals surface area contributed by atoms with Crippen molar-refractivity contribution in [1.29, 1.82) is 0 Å². The van der Waals surface area contributed by atoms with Gasteiger partial charge >= 0.3 is 6.01 Å². The zero-order valence-electron chi connectivity index (χ0n) is 19.1. The first-order valence-corrected chi connectivity index (χ1v) is 11.4. The molecule has 7 nitrogen and oxygen atoms in total. The van der Waals surface area contributed by atoms with Crippen molar-refractivity contribution in [2.75, 3.05) is 36.8 Å². The van der Waals surface area contributed by atoms with Crippen molar-refractivity contribution in [1.82, 2.24) is 15.1 Å². The Hall–Kier alpha value is -3.26. The fourth-order valence-corrected chi connectivity index (χ4v) is 3.83. The first-order chi connectivity index (χ1) is 15.9. The van der Waals surface area contributed by atoms with E-state index >= 15 is 0 Å². The van der Waals surface area contributed by atoms with Crippen molar-refractivity contribution in [3.05, 3.63) is 59.9 Å². The number of aromatic nitrogens is 2. The van der Waals surface area contributed by atoms with Gasteiger partial charge in [-0.15, -0.1) is 5.10 Å². The molecule has 8 heteroatoms. The Morgan fingerprint density at radius 3 is 2.55 bits per heavy atom. The van der Waals surface area contributed by atoms with Gasteiger partial charge in [-0.1, -0.05) is 31.1 Å². The van der Waals surface area contributed by atoms with Crippen molar-refractivity contribution in [2.24, 2.45) is 5.41 Å². The van der Waals surface area contributed by atoms with Crippen LogP contribution in [0, 0.1) is 11.2 Å². The SMILES string of the molecule is CC1(C)CCN(CCCNc2nnc(-c3ccc(NC(=O)c4ccccc4F)cc3)o2)CC1. The van der Waals surface area contributed by atoms with E-state index in [2.05, 4.69) is 39.6 Å². The van der Waals surface area contributed by atoms with E-state index in [4.69, 9.17) is 4.42 Å². The Bertz CT molecular complexity index is 1070. The van der Waals surface area contributed by atoms with E-state index < -0.39 is 11.7 Å². The molecule has 2 N–H and O–H groups in total. The van der Waals surface area contributed by atoms with Crippen LogP contribution in [0.4, 0.5) is 16.1 Å². The number of hydrogen-bond donors (Lipinski definition) is 2. The molecule has 1 fully saturated rings. The molecule has 0 bridgehead atoms. The summed E-state index contributed by atoms with van der Waals surface area (Å²) in [4.78, 5) is 14.8. The molecular formula is C25H30FN5O2. The lowest BCUT2D eigenvalue weighted by Crippen LogP contribution is -2.38. The first kappa shape index (κ1) is 22.9. The van der Waals surface area contributed by atoms with E-state index in [1.54, 1.807) is 36.4 Å². The maximum Gasteiger partial charge on any atom is 0.315 e. The van der Waals surface area contributed by atoms with Crippen LogP contribution in [-0.2, 0) is 0 Å². The highest BCUT2D eigenvalue weighted by atomic mass is 19.1. The minimum Gasteiger partial charge on any atom is -0.403 e. The van der Waals surface area contributed by atoms with E-state index in [9.17, 15) is 9.18 Å². The van der Waals surface area contributed by atoms with Crippen LogP contribution in [0.2, 0.25) is 0 Å². The predicted molar refractivity (Wildman–Crippen MR) is 127 cm³/mol. The van der Waals surface area contributed by atoms with Gasteiger partial charge in [-0.05, 0) is 80.7 Å². The zero-order chi connectivity index (χ0) is 23.3. The number of halogens is 1. The number of benzene rings is 2. The number of carbonyl (C=O) groups excluding carboxylic acids is 1.